The molecule has 1 aromatic heterocycles. The summed E-state index contributed by atoms with van der Waals surface area (Å²) in [5.41, 5.74) is 1.47. The minimum Gasteiger partial charge on any atom is -0.312 e. The van der Waals surface area contributed by atoms with Crippen LogP contribution < -0.4 is 5.32 Å². The minimum absolute atomic E-state index is 0.526. The van der Waals surface area contributed by atoms with E-state index in [2.05, 4.69) is 30.6 Å². The van der Waals surface area contributed by atoms with E-state index in [1.807, 2.05) is 30.1 Å². The van der Waals surface area contributed by atoms with Gasteiger partial charge in [0.25, 0.3) is 0 Å². The number of nitrogens with one attached hydrogen (secondary N) is 1. The van der Waals surface area contributed by atoms with Crippen LogP contribution in [0.5, 0.6) is 0 Å². The number of hydrogen-bond acceptors (Lipinski definition) is 3. The van der Waals surface area contributed by atoms with Gasteiger partial charge in [-0.25, -0.2) is 0 Å². The lowest BCUT2D eigenvalue weighted by Gasteiger charge is -2.15. The molecule has 1 atom stereocenters. The van der Waals surface area contributed by atoms with E-state index in [4.69, 9.17) is 0 Å². The Bertz CT molecular complexity index is 258. The Balaban J connectivity index is 2.50. The topological polar surface area (TPSA) is 12.0 Å². The summed E-state index contributed by atoms with van der Waals surface area (Å²) in [5, 5.41) is 5.57. The second kappa shape index (κ2) is 6.49. The summed E-state index contributed by atoms with van der Waals surface area (Å²) >= 11 is 3.87. The van der Waals surface area contributed by atoms with Gasteiger partial charge in [0.1, 0.15) is 0 Å². The van der Waals surface area contributed by atoms with Gasteiger partial charge in [-0.2, -0.15) is 11.8 Å². The molecule has 3 heteroatoms. The third kappa shape index (κ3) is 3.30. The number of hydrogen-bond donors (Lipinski definition) is 1. The molecule has 1 heterocycles. The van der Waals surface area contributed by atoms with Gasteiger partial charge in [0.05, 0.1) is 0 Å². The van der Waals surface area contributed by atoms with Crippen molar-refractivity contribution in [2.24, 2.45) is 0 Å². The zero-order chi connectivity index (χ0) is 10.4. The monoisotopic (exact) mass is 229 g/mol. The molecule has 1 N–H and O–H groups in total. The molecule has 1 unspecified atom stereocenters. The third-order valence-corrected chi connectivity index (χ3v) is 4.38. The molecule has 0 spiro atoms. The Morgan fingerprint density at radius 2 is 2.36 bits per heavy atom. The van der Waals surface area contributed by atoms with Crippen LogP contribution in [0.1, 0.15) is 29.8 Å². The van der Waals surface area contributed by atoms with Crippen LogP contribution in [0.4, 0.5) is 0 Å². The molecule has 0 fully saturated rings. The molecule has 0 amide bonds. The average Bonchev–Trinajstić information content (AvgIpc) is 2.60. The molecule has 0 aliphatic rings. The first-order valence-electron chi connectivity index (χ1n) is 5.08. The first-order valence-corrected chi connectivity index (χ1v) is 7.12. The average molecular weight is 229 g/mol. The van der Waals surface area contributed by atoms with Gasteiger partial charge in [-0.1, -0.05) is 6.92 Å². The van der Waals surface area contributed by atoms with Crippen LogP contribution in [0.25, 0.3) is 0 Å². The van der Waals surface area contributed by atoms with E-state index in [1.54, 1.807) is 0 Å². The maximum Gasteiger partial charge on any atom is 0.0420 e. The summed E-state index contributed by atoms with van der Waals surface area (Å²) in [6.45, 7) is 4.44. The largest absolute Gasteiger partial charge is 0.312 e. The van der Waals surface area contributed by atoms with Crippen molar-refractivity contribution in [1.82, 2.24) is 5.32 Å². The second-order valence-electron chi connectivity index (χ2n) is 3.35. The summed E-state index contributed by atoms with van der Waals surface area (Å²) in [5.74, 6) is 2.45. The smallest absolute Gasteiger partial charge is 0.0420 e. The molecular weight excluding hydrogens is 210 g/mol. The molecule has 0 bridgehead atoms. The van der Waals surface area contributed by atoms with Crippen molar-refractivity contribution in [2.75, 3.05) is 18.6 Å². The van der Waals surface area contributed by atoms with Gasteiger partial charge in [0.15, 0.2) is 0 Å². The molecule has 1 aromatic rings. The highest BCUT2D eigenvalue weighted by molar-refractivity contribution is 7.99. The van der Waals surface area contributed by atoms with Crippen molar-refractivity contribution in [3.05, 3.63) is 21.9 Å². The Kier molecular flexibility index (Phi) is 5.60. The van der Waals surface area contributed by atoms with E-state index in [-0.39, 0.29) is 0 Å². The maximum atomic E-state index is 3.39. The van der Waals surface area contributed by atoms with Gasteiger partial charge in [0, 0.05) is 16.7 Å². The predicted octanol–water partition coefficient (Wildman–Crippen LogP) is 3.46. The lowest BCUT2D eigenvalue weighted by Crippen LogP contribution is -2.19. The van der Waals surface area contributed by atoms with Crippen molar-refractivity contribution in [3.63, 3.8) is 0 Å². The summed E-state index contributed by atoms with van der Waals surface area (Å²) < 4.78 is 0. The highest BCUT2D eigenvalue weighted by Gasteiger charge is 2.11. The molecule has 0 radical (unpaired) electrons. The van der Waals surface area contributed by atoms with Crippen LogP contribution in [0, 0.1) is 6.92 Å². The molecule has 0 aromatic carbocycles. The molecule has 0 saturated heterocycles. The van der Waals surface area contributed by atoms with Crippen LogP contribution in [0.3, 0.4) is 0 Å². The number of thioether (sulfide) groups is 1. The first-order chi connectivity index (χ1) is 6.79. The van der Waals surface area contributed by atoms with Crippen molar-refractivity contribution >= 4 is 23.1 Å². The van der Waals surface area contributed by atoms with Crippen LogP contribution in [-0.2, 0) is 0 Å². The summed E-state index contributed by atoms with van der Waals surface area (Å²) in [6.07, 6.45) is 1.27. The third-order valence-electron chi connectivity index (χ3n) is 2.26. The summed E-state index contributed by atoms with van der Waals surface area (Å²) in [4.78, 5) is 1.45. The molecular formula is C11H19NS2. The molecule has 80 valence electrons. The van der Waals surface area contributed by atoms with Crippen molar-refractivity contribution in [2.45, 2.75) is 26.3 Å². The van der Waals surface area contributed by atoms with Crippen molar-refractivity contribution in [3.8, 4) is 0 Å². The van der Waals surface area contributed by atoms with Gasteiger partial charge in [-0.15, -0.1) is 11.3 Å². The molecule has 14 heavy (non-hydrogen) atoms. The quantitative estimate of drug-likeness (QED) is 0.750. The molecule has 0 aliphatic carbocycles. The second-order valence-corrected chi connectivity index (χ2v) is 5.62. The van der Waals surface area contributed by atoms with Crippen molar-refractivity contribution in [1.29, 1.82) is 0 Å². The van der Waals surface area contributed by atoms with E-state index in [0.29, 0.717) is 6.04 Å². The minimum atomic E-state index is 0.526. The zero-order valence-electron chi connectivity index (χ0n) is 9.17. The van der Waals surface area contributed by atoms with Crippen molar-refractivity contribution < 1.29 is 0 Å². The van der Waals surface area contributed by atoms with Gasteiger partial charge in [-0.3, -0.25) is 0 Å². The van der Waals surface area contributed by atoms with E-state index in [9.17, 15) is 0 Å². The Labute approximate surface area is 95.3 Å². The normalized spacial score (nSPS) is 13.1. The Morgan fingerprint density at radius 3 is 2.86 bits per heavy atom. The lowest BCUT2D eigenvalue weighted by molar-refractivity contribution is 0.661. The van der Waals surface area contributed by atoms with E-state index < -0.39 is 0 Å². The lowest BCUT2D eigenvalue weighted by atomic mass is 10.1. The van der Waals surface area contributed by atoms with Crippen LogP contribution in [0.2, 0.25) is 0 Å². The zero-order valence-corrected chi connectivity index (χ0v) is 10.8. The summed E-state index contributed by atoms with van der Waals surface area (Å²) in [6, 6.07) is 2.77. The van der Waals surface area contributed by atoms with Crippen LogP contribution in [-0.4, -0.2) is 18.6 Å². The Morgan fingerprint density at radius 1 is 1.57 bits per heavy atom. The van der Waals surface area contributed by atoms with E-state index >= 15 is 0 Å². The number of aryl methyl sites for hydroxylation is 1. The van der Waals surface area contributed by atoms with Gasteiger partial charge < -0.3 is 5.32 Å². The van der Waals surface area contributed by atoms with Gasteiger partial charge in [-0.05, 0) is 43.2 Å². The van der Waals surface area contributed by atoms with Gasteiger partial charge >= 0.3 is 0 Å². The SMILES string of the molecule is CCCSCC(NC)c1ccsc1C. The predicted molar refractivity (Wildman–Crippen MR) is 68.5 cm³/mol. The number of rotatable bonds is 6. The fourth-order valence-electron chi connectivity index (χ4n) is 1.43. The number of thiophene rings is 1. The maximum absolute atomic E-state index is 3.39. The fourth-order valence-corrected chi connectivity index (χ4v) is 3.23. The summed E-state index contributed by atoms with van der Waals surface area (Å²) in [7, 11) is 2.05. The fraction of sp³-hybridized carbons (Fsp3) is 0.636. The Hall–Kier alpha value is 0.01000. The molecule has 0 aliphatic heterocycles. The molecule has 1 rings (SSSR count). The molecule has 1 nitrogen and oxygen atoms in total. The van der Waals surface area contributed by atoms with E-state index in [1.165, 1.54) is 28.4 Å². The highest BCUT2D eigenvalue weighted by Crippen LogP contribution is 2.25. The van der Waals surface area contributed by atoms with Crippen LogP contribution in [0.15, 0.2) is 11.4 Å². The van der Waals surface area contributed by atoms with Gasteiger partial charge in [0.2, 0.25) is 0 Å². The standard InChI is InChI=1S/C11H19NS2/c1-4-6-13-8-11(12-3)10-5-7-14-9(10)2/h5,7,11-12H,4,6,8H2,1-3H3. The van der Waals surface area contributed by atoms with Crippen LogP contribution >= 0.6 is 23.1 Å². The highest BCUT2D eigenvalue weighted by atomic mass is 32.2. The molecule has 0 saturated carbocycles. The van der Waals surface area contributed by atoms with E-state index in [0.717, 1.165) is 0 Å². The first kappa shape index (κ1) is 12.1.